The van der Waals surface area contributed by atoms with Gasteiger partial charge in [0.2, 0.25) is 0 Å². The number of alkyl halides is 3. The third kappa shape index (κ3) is 4.49. The number of carbonyl (C=O) groups excluding carboxylic acids is 1. The predicted octanol–water partition coefficient (Wildman–Crippen LogP) is 4.31. The lowest BCUT2D eigenvalue weighted by Crippen LogP contribution is -2.27. The van der Waals surface area contributed by atoms with E-state index in [1.54, 1.807) is 6.92 Å². The van der Waals surface area contributed by atoms with Gasteiger partial charge in [-0.1, -0.05) is 11.6 Å². The highest BCUT2D eigenvalue weighted by Crippen LogP contribution is 2.32. The molecule has 0 fully saturated rings. The molecule has 134 valence electrons. The van der Waals surface area contributed by atoms with Gasteiger partial charge in [-0.3, -0.25) is 4.79 Å². The van der Waals surface area contributed by atoms with Crippen LogP contribution in [-0.2, 0) is 6.18 Å². The molecule has 2 rings (SSSR count). The number of benzene rings is 1. The van der Waals surface area contributed by atoms with Crippen LogP contribution < -0.4 is 5.32 Å². The average molecular weight is 393 g/mol. The monoisotopic (exact) mass is 392 g/mol. The number of aromatic carboxylic acids is 1. The van der Waals surface area contributed by atoms with E-state index in [1.807, 2.05) is 0 Å². The van der Waals surface area contributed by atoms with Crippen LogP contribution in [-0.4, -0.2) is 22.0 Å². The first kappa shape index (κ1) is 19.2. The maximum absolute atomic E-state index is 12.8. The molecule has 0 bridgehead atoms. The molecule has 2 N–H and O–H groups in total. The van der Waals surface area contributed by atoms with Crippen LogP contribution in [0.5, 0.6) is 0 Å². The van der Waals surface area contributed by atoms with Crippen LogP contribution in [0.25, 0.3) is 0 Å². The fraction of sp³-hybridized carbons (Fsp3) is 0.267. The zero-order valence-electron chi connectivity index (χ0n) is 12.9. The van der Waals surface area contributed by atoms with Crippen molar-refractivity contribution in [2.45, 2.75) is 26.1 Å². The lowest BCUT2D eigenvalue weighted by molar-refractivity contribution is -0.137. The first-order valence-electron chi connectivity index (χ1n) is 6.88. The van der Waals surface area contributed by atoms with Gasteiger partial charge in [0.1, 0.15) is 9.88 Å². The maximum atomic E-state index is 12.8. The molecule has 0 aliphatic heterocycles. The number of carbonyl (C=O) groups is 2. The molecule has 1 unspecified atom stereocenters. The number of aromatic nitrogens is 1. The SMILES string of the molecule is Cc1nc(C(C)NC(=O)c2cc(Cl)cc(C(F)(F)F)c2)sc1C(=O)O. The summed E-state index contributed by atoms with van der Waals surface area (Å²) < 4.78 is 38.4. The Bertz CT molecular complexity index is 836. The first-order valence-corrected chi connectivity index (χ1v) is 8.07. The van der Waals surface area contributed by atoms with Gasteiger partial charge in [0.15, 0.2) is 0 Å². The molecule has 0 aliphatic rings. The smallest absolute Gasteiger partial charge is 0.416 e. The Morgan fingerprint density at radius 2 is 1.96 bits per heavy atom. The molecule has 25 heavy (non-hydrogen) atoms. The number of rotatable bonds is 4. The molecule has 1 amide bonds. The molecule has 1 aromatic carbocycles. The molecule has 2 aromatic rings. The molecule has 0 spiro atoms. The van der Waals surface area contributed by atoms with Crippen LogP contribution in [0.15, 0.2) is 18.2 Å². The molecule has 0 aliphatic carbocycles. The van der Waals surface area contributed by atoms with Gasteiger partial charge in [-0.05, 0) is 32.0 Å². The van der Waals surface area contributed by atoms with Crippen LogP contribution in [0.3, 0.4) is 0 Å². The number of hydrogen-bond donors (Lipinski definition) is 2. The summed E-state index contributed by atoms with van der Waals surface area (Å²) in [5.74, 6) is -1.91. The van der Waals surface area contributed by atoms with Crippen molar-refractivity contribution >= 4 is 34.8 Å². The first-order chi connectivity index (χ1) is 11.5. The molecule has 1 aromatic heterocycles. The molecule has 1 atom stereocenters. The molecule has 0 saturated heterocycles. The van der Waals surface area contributed by atoms with E-state index in [2.05, 4.69) is 10.3 Å². The van der Waals surface area contributed by atoms with Gasteiger partial charge in [-0.2, -0.15) is 13.2 Å². The van der Waals surface area contributed by atoms with E-state index in [0.717, 1.165) is 23.5 Å². The van der Waals surface area contributed by atoms with Crippen LogP contribution in [0.4, 0.5) is 13.2 Å². The minimum atomic E-state index is -4.63. The van der Waals surface area contributed by atoms with Gasteiger partial charge in [0.25, 0.3) is 5.91 Å². The van der Waals surface area contributed by atoms with E-state index >= 15 is 0 Å². The number of aryl methyl sites for hydroxylation is 1. The Labute approximate surface area is 149 Å². The molecular formula is C15H12ClF3N2O3S. The summed E-state index contributed by atoms with van der Waals surface area (Å²) in [5, 5.41) is 11.6. The second kappa shape index (κ2) is 7.01. The number of nitrogens with zero attached hydrogens (tertiary/aromatic N) is 1. The number of thiazole rings is 1. The van der Waals surface area contributed by atoms with E-state index in [-0.39, 0.29) is 15.5 Å². The van der Waals surface area contributed by atoms with Gasteiger partial charge in [0.05, 0.1) is 17.3 Å². The van der Waals surface area contributed by atoms with E-state index < -0.39 is 29.7 Å². The fourth-order valence-corrected chi connectivity index (χ4v) is 3.17. The lowest BCUT2D eigenvalue weighted by Gasteiger charge is -2.13. The van der Waals surface area contributed by atoms with Gasteiger partial charge >= 0.3 is 12.1 Å². The number of nitrogens with one attached hydrogen (secondary N) is 1. The largest absolute Gasteiger partial charge is 0.477 e. The zero-order chi connectivity index (χ0) is 18.9. The Kier molecular flexibility index (Phi) is 5.38. The third-order valence-electron chi connectivity index (χ3n) is 3.21. The van der Waals surface area contributed by atoms with Gasteiger partial charge in [-0.15, -0.1) is 11.3 Å². The molecule has 1 heterocycles. The van der Waals surface area contributed by atoms with Gasteiger partial charge in [-0.25, -0.2) is 9.78 Å². The molecular weight excluding hydrogens is 381 g/mol. The summed E-state index contributed by atoms with van der Waals surface area (Å²) >= 11 is 6.55. The summed E-state index contributed by atoms with van der Waals surface area (Å²) in [5.41, 5.74) is -0.981. The fourth-order valence-electron chi connectivity index (χ4n) is 2.03. The standard InChI is InChI=1S/C15H12ClF3N2O3S/c1-6-11(14(23)24)25-13(21-6)7(2)20-12(22)8-3-9(15(17,18)19)5-10(16)4-8/h3-5,7H,1-2H3,(H,20,22)(H,23,24). The Morgan fingerprint density at radius 3 is 2.48 bits per heavy atom. The number of halogens is 4. The zero-order valence-corrected chi connectivity index (χ0v) is 14.5. The summed E-state index contributed by atoms with van der Waals surface area (Å²) in [4.78, 5) is 27.4. The molecule has 10 heteroatoms. The van der Waals surface area contributed by atoms with Crippen molar-refractivity contribution in [2.24, 2.45) is 0 Å². The Balaban J connectivity index is 2.23. The summed E-state index contributed by atoms with van der Waals surface area (Å²) in [7, 11) is 0. The minimum Gasteiger partial charge on any atom is -0.477 e. The summed E-state index contributed by atoms with van der Waals surface area (Å²) in [6.07, 6.45) is -4.63. The summed E-state index contributed by atoms with van der Waals surface area (Å²) in [6, 6.07) is 1.86. The van der Waals surface area contributed by atoms with Crippen molar-refractivity contribution in [3.8, 4) is 0 Å². The minimum absolute atomic E-state index is 0.0400. The molecule has 0 radical (unpaired) electrons. The number of amides is 1. The number of hydrogen-bond acceptors (Lipinski definition) is 4. The maximum Gasteiger partial charge on any atom is 0.416 e. The van der Waals surface area contributed by atoms with E-state index in [4.69, 9.17) is 16.7 Å². The molecule has 5 nitrogen and oxygen atoms in total. The average Bonchev–Trinajstić information content (AvgIpc) is 2.88. The summed E-state index contributed by atoms with van der Waals surface area (Å²) in [6.45, 7) is 3.07. The lowest BCUT2D eigenvalue weighted by atomic mass is 10.1. The highest BCUT2D eigenvalue weighted by Gasteiger charge is 2.32. The van der Waals surface area contributed by atoms with Crippen LogP contribution in [0.2, 0.25) is 5.02 Å². The van der Waals surface area contributed by atoms with Crippen molar-refractivity contribution in [1.29, 1.82) is 0 Å². The predicted molar refractivity (Wildman–Crippen MR) is 86.1 cm³/mol. The Hall–Kier alpha value is -2.13. The van der Waals surface area contributed by atoms with Crippen molar-refractivity contribution in [2.75, 3.05) is 0 Å². The topological polar surface area (TPSA) is 79.3 Å². The van der Waals surface area contributed by atoms with Crippen molar-refractivity contribution in [3.05, 3.63) is 49.9 Å². The molecule has 0 saturated carbocycles. The second-order valence-electron chi connectivity index (χ2n) is 5.19. The van der Waals surface area contributed by atoms with Crippen molar-refractivity contribution < 1.29 is 27.9 Å². The van der Waals surface area contributed by atoms with E-state index in [1.165, 1.54) is 6.92 Å². The van der Waals surface area contributed by atoms with Gasteiger partial charge in [0, 0.05) is 10.6 Å². The van der Waals surface area contributed by atoms with Crippen molar-refractivity contribution in [3.63, 3.8) is 0 Å². The van der Waals surface area contributed by atoms with E-state index in [9.17, 15) is 22.8 Å². The highest BCUT2D eigenvalue weighted by molar-refractivity contribution is 7.13. The van der Waals surface area contributed by atoms with Crippen LogP contribution in [0.1, 0.15) is 49.3 Å². The Morgan fingerprint density at radius 1 is 1.32 bits per heavy atom. The van der Waals surface area contributed by atoms with Crippen molar-refractivity contribution in [1.82, 2.24) is 10.3 Å². The normalized spacial score (nSPS) is 12.7. The quantitative estimate of drug-likeness (QED) is 0.812. The van der Waals surface area contributed by atoms with Gasteiger partial charge < -0.3 is 10.4 Å². The van der Waals surface area contributed by atoms with Crippen LogP contribution in [0, 0.1) is 6.92 Å². The highest BCUT2D eigenvalue weighted by atomic mass is 35.5. The van der Waals surface area contributed by atoms with E-state index in [0.29, 0.717) is 16.8 Å². The number of carboxylic acids is 1. The van der Waals surface area contributed by atoms with Crippen LogP contribution >= 0.6 is 22.9 Å². The third-order valence-corrected chi connectivity index (χ3v) is 4.76. The second-order valence-corrected chi connectivity index (χ2v) is 6.66. The number of carboxylic acid groups (broad SMARTS) is 1.